The first kappa shape index (κ1) is 12.7. The van der Waals surface area contributed by atoms with Crippen LogP contribution >= 0.6 is 11.6 Å². The highest BCUT2D eigenvalue weighted by atomic mass is 35.5. The van der Waals surface area contributed by atoms with Crippen molar-refractivity contribution in [2.24, 2.45) is 0 Å². The van der Waals surface area contributed by atoms with E-state index in [1.54, 1.807) is 13.2 Å². The number of hydrogen-bond donors (Lipinski definition) is 0. The summed E-state index contributed by atoms with van der Waals surface area (Å²) in [6, 6.07) is 7.54. The van der Waals surface area contributed by atoms with Crippen molar-refractivity contribution in [1.29, 1.82) is 0 Å². The molecule has 3 aromatic rings. The van der Waals surface area contributed by atoms with Gasteiger partial charge in [-0.2, -0.15) is 0 Å². The van der Waals surface area contributed by atoms with E-state index in [4.69, 9.17) is 20.8 Å². The summed E-state index contributed by atoms with van der Waals surface area (Å²) >= 11 is 5.88. The highest BCUT2D eigenvalue weighted by Crippen LogP contribution is 2.33. The Balaban J connectivity index is 2.21. The van der Waals surface area contributed by atoms with Crippen molar-refractivity contribution in [1.82, 2.24) is 9.97 Å². The van der Waals surface area contributed by atoms with Gasteiger partial charge in [0, 0.05) is 11.1 Å². The third-order valence-electron chi connectivity index (χ3n) is 2.96. The van der Waals surface area contributed by atoms with Crippen LogP contribution in [0.25, 0.3) is 28.6 Å². The van der Waals surface area contributed by atoms with Crippen molar-refractivity contribution in [3.05, 3.63) is 47.8 Å². The summed E-state index contributed by atoms with van der Waals surface area (Å²) in [6.45, 7) is 3.81. The summed E-state index contributed by atoms with van der Waals surface area (Å²) in [4.78, 5) is 8.38. The Kier molecular flexibility index (Phi) is 3.16. The Morgan fingerprint density at radius 3 is 2.70 bits per heavy atom. The maximum Gasteiger partial charge on any atom is 0.246 e. The molecule has 20 heavy (non-hydrogen) atoms. The Bertz CT molecular complexity index is 778. The second-order valence-electron chi connectivity index (χ2n) is 4.12. The molecule has 0 aliphatic heterocycles. The summed E-state index contributed by atoms with van der Waals surface area (Å²) in [5.41, 5.74) is 2.73. The van der Waals surface area contributed by atoms with Gasteiger partial charge in [0.2, 0.25) is 5.71 Å². The summed E-state index contributed by atoms with van der Waals surface area (Å²) in [5, 5.41) is 0.322. The van der Waals surface area contributed by atoms with Gasteiger partial charge in [-0.1, -0.05) is 24.3 Å². The summed E-state index contributed by atoms with van der Waals surface area (Å²) in [6.07, 6.45) is 3.15. The van der Waals surface area contributed by atoms with Crippen molar-refractivity contribution < 1.29 is 9.15 Å². The molecule has 1 aromatic carbocycles. The first-order chi connectivity index (χ1) is 9.72. The molecule has 2 aromatic heterocycles. The number of aromatic nitrogens is 2. The van der Waals surface area contributed by atoms with Gasteiger partial charge in [-0.25, -0.2) is 9.97 Å². The Morgan fingerprint density at radius 2 is 2.05 bits per heavy atom. The number of ether oxygens (including phenoxy) is 1. The zero-order valence-electron chi connectivity index (χ0n) is 10.8. The second-order valence-corrected chi connectivity index (χ2v) is 4.51. The Morgan fingerprint density at radius 1 is 1.30 bits per heavy atom. The predicted octanol–water partition coefficient (Wildman–Crippen LogP) is 4.19. The van der Waals surface area contributed by atoms with Gasteiger partial charge >= 0.3 is 0 Å². The first-order valence-electron chi connectivity index (χ1n) is 5.95. The topological polar surface area (TPSA) is 48.2 Å². The Labute approximate surface area is 120 Å². The SMILES string of the molecule is C=Cc1c(-c2ccc(OC)cc2)oc2ncc(Cl)nc12. The molecule has 0 atom stereocenters. The molecule has 0 amide bonds. The van der Waals surface area contributed by atoms with E-state index in [0.29, 0.717) is 22.1 Å². The maximum absolute atomic E-state index is 5.88. The molecule has 0 aliphatic carbocycles. The largest absolute Gasteiger partial charge is 0.497 e. The lowest BCUT2D eigenvalue weighted by atomic mass is 10.1. The minimum Gasteiger partial charge on any atom is -0.497 e. The van der Waals surface area contributed by atoms with Crippen LogP contribution in [0, 0.1) is 0 Å². The average Bonchev–Trinajstić information content (AvgIpc) is 2.85. The van der Waals surface area contributed by atoms with Gasteiger partial charge in [-0.15, -0.1) is 0 Å². The van der Waals surface area contributed by atoms with Gasteiger partial charge in [0.05, 0.1) is 13.3 Å². The van der Waals surface area contributed by atoms with Crippen LogP contribution in [0.1, 0.15) is 5.56 Å². The number of halogens is 1. The minimum absolute atomic E-state index is 0.322. The number of methoxy groups -OCH3 is 1. The highest BCUT2D eigenvalue weighted by Gasteiger charge is 2.16. The van der Waals surface area contributed by atoms with Crippen LogP contribution in [-0.2, 0) is 0 Å². The highest BCUT2D eigenvalue weighted by molar-refractivity contribution is 6.29. The number of hydrogen-bond acceptors (Lipinski definition) is 4. The average molecular weight is 287 g/mol. The van der Waals surface area contributed by atoms with E-state index in [0.717, 1.165) is 16.9 Å². The normalized spacial score (nSPS) is 10.7. The molecule has 0 bridgehead atoms. The number of furan rings is 1. The van der Waals surface area contributed by atoms with Crippen LogP contribution in [0.3, 0.4) is 0 Å². The van der Waals surface area contributed by atoms with Gasteiger partial charge in [-0.05, 0) is 24.3 Å². The van der Waals surface area contributed by atoms with Gasteiger partial charge in [0.25, 0.3) is 0 Å². The molecule has 0 fully saturated rings. The van der Waals surface area contributed by atoms with E-state index in [2.05, 4.69) is 16.5 Å². The van der Waals surface area contributed by atoms with Gasteiger partial charge in [0.1, 0.15) is 22.2 Å². The van der Waals surface area contributed by atoms with Crippen LogP contribution in [0.15, 0.2) is 41.5 Å². The lowest BCUT2D eigenvalue weighted by Crippen LogP contribution is -1.83. The second kappa shape index (κ2) is 4.98. The third-order valence-corrected chi connectivity index (χ3v) is 3.15. The molecular weight excluding hydrogens is 276 g/mol. The zero-order valence-corrected chi connectivity index (χ0v) is 11.5. The van der Waals surface area contributed by atoms with Gasteiger partial charge in [-0.3, -0.25) is 0 Å². The number of benzene rings is 1. The van der Waals surface area contributed by atoms with Crippen molar-refractivity contribution in [2.75, 3.05) is 7.11 Å². The fourth-order valence-corrected chi connectivity index (χ4v) is 2.15. The minimum atomic E-state index is 0.322. The molecule has 4 nitrogen and oxygen atoms in total. The molecular formula is C15H11ClN2O2. The smallest absolute Gasteiger partial charge is 0.246 e. The fraction of sp³-hybridized carbons (Fsp3) is 0.0667. The molecule has 3 rings (SSSR count). The molecule has 0 N–H and O–H groups in total. The van der Waals surface area contributed by atoms with Crippen molar-refractivity contribution in [2.45, 2.75) is 0 Å². The standard InChI is InChI=1S/C15H11ClN2O2/c1-3-11-13-15(17-8-12(16)18-13)20-14(11)9-4-6-10(19-2)7-5-9/h3-8H,1H2,2H3. The molecule has 0 aliphatic rings. The van der Waals surface area contributed by atoms with E-state index in [9.17, 15) is 0 Å². The quantitative estimate of drug-likeness (QED) is 0.724. The molecule has 0 saturated heterocycles. The number of fused-ring (bicyclic) bond motifs is 1. The van der Waals surface area contributed by atoms with Crippen LogP contribution in [0.4, 0.5) is 0 Å². The summed E-state index contributed by atoms with van der Waals surface area (Å²) in [7, 11) is 1.63. The van der Waals surface area contributed by atoms with Gasteiger partial charge in [0.15, 0.2) is 0 Å². The lowest BCUT2D eigenvalue weighted by Gasteiger charge is -2.01. The number of nitrogens with zero attached hydrogens (tertiary/aromatic N) is 2. The van der Waals surface area contributed by atoms with E-state index in [1.807, 2.05) is 24.3 Å². The fourth-order valence-electron chi connectivity index (χ4n) is 2.01. The van der Waals surface area contributed by atoms with Crippen molar-refractivity contribution in [3.8, 4) is 17.1 Å². The van der Waals surface area contributed by atoms with E-state index >= 15 is 0 Å². The molecule has 0 radical (unpaired) electrons. The predicted molar refractivity (Wildman–Crippen MR) is 78.9 cm³/mol. The van der Waals surface area contributed by atoms with Crippen molar-refractivity contribution >= 4 is 28.9 Å². The van der Waals surface area contributed by atoms with Gasteiger partial charge < -0.3 is 9.15 Å². The van der Waals surface area contributed by atoms with E-state index in [-0.39, 0.29) is 0 Å². The lowest BCUT2D eigenvalue weighted by molar-refractivity contribution is 0.415. The molecule has 100 valence electrons. The molecule has 0 spiro atoms. The summed E-state index contributed by atoms with van der Waals surface area (Å²) < 4.78 is 10.9. The zero-order chi connectivity index (χ0) is 14.1. The molecule has 2 heterocycles. The molecule has 0 saturated carbocycles. The third kappa shape index (κ3) is 2.04. The summed E-state index contributed by atoms with van der Waals surface area (Å²) in [5.74, 6) is 1.45. The van der Waals surface area contributed by atoms with Crippen LogP contribution in [0.5, 0.6) is 5.75 Å². The van der Waals surface area contributed by atoms with E-state index in [1.165, 1.54) is 6.20 Å². The molecule has 0 unspecified atom stereocenters. The van der Waals surface area contributed by atoms with Crippen molar-refractivity contribution in [3.63, 3.8) is 0 Å². The monoisotopic (exact) mass is 286 g/mol. The Hall–Kier alpha value is -2.33. The van der Waals surface area contributed by atoms with E-state index < -0.39 is 0 Å². The van der Waals surface area contributed by atoms with Crippen LogP contribution < -0.4 is 4.74 Å². The van der Waals surface area contributed by atoms with Crippen LogP contribution in [0.2, 0.25) is 5.15 Å². The number of rotatable bonds is 3. The maximum atomic E-state index is 5.88. The van der Waals surface area contributed by atoms with Crippen LogP contribution in [-0.4, -0.2) is 17.1 Å². The molecule has 5 heteroatoms. The first-order valence-corrected chi connectivity index (χ1v) is 6.32.